The maximum Gasteiger partial charge on any atom is 0.306 e. The Hall–Kier alpha value is -2.11. The van der Waals surface area contributed by atoms with Gasteiger partial charge in [-0.2, -0.15) is 0 Å². The first-order chi connectivity index (χ1) is 38.0. The van der Waals surface area contributed by atoms with E-state index in [-0.39, 0.29) is 31.1 Å². The van der Waals surface area contributed by atoms with Crippen LogP contribution in [0.5, 0.6) is 0 Å². The number of carbonyl (C=O) groups is 3. The van der Waals surface area contributed by atoms with Crippen LogP contribution < -0.4 is 0 Å². The average Bonchev–Trinajstić information content (AvgIpc) is 3.43. The van der Waals surface area contributed by atoms with E-state index < -0.39 is 6.10 Å². The van der Waals surface area contributed by atoms with Crippen molar-refractivity contribution in [1.29, 1.82) is 0 Å². The van der Waals surface area contributed by atoms with E-state index in [1.165, 1.54) is 295 Å². The number of esters is 3. The fraction of sp³-hybridized carbons (Fsp3) is 0.901. The fourth-order valence-electron chi connectivity index (χ4n) is 10.7. The molecule has 0 spiro atoms. The third kappa shape index (κ3) is 64.6. The monoisotopic (exact) mass is 1080 g/mol. The van der Waals surface area contributed by atoms with Crippen molar-refractivity contribution in [2.24, 2.45) is 0 Å². The van der Waals surface area contributed by atoms with Crippen LogP contribution in [0.1, 0.15) is 393 Å². The van der Waals surface area contributed by atoms with Crippen molar-refractivity contribution in [3.8, 4) is 0 Å². The summed E-state index contributed by atoms with van der Waals surface area (Å²) in [6, 6.07) is 0. The Morgan fingerprint density at radius 3 is 0.649 bits per heavy atom. The number of allylic oxidation sites excluding steroid dienone is 4. The molecule has 454 valence electrons. The lowest BCUT2D eigenvalue weighted by molar-refractivity contribution is -0.167. The van der Waals surface area contributed by atoms with Gasteiger partial charge in [0.25, 0.3) is 0 Å². The standard InChI is InChI=1S/C71H134O6/c1-4-7-10-13-16-19-22-25-28-31-33-34-35-36-38-40-43-46-49-52-55-58-61-64-70(73)76-67-68(66-75-69(72)63-60-57-54-51-48-45-42-39-30-27-24-21-18-15-12-9-6-3)77-71(74)65-62-59-56-53-50-47-44-41-37-32-29-26-23-20-17-14-11-8-5-2/h27,30-31,33,68H,4-26,28-29,32,34-67H2,1-3H3/b30-27-,33-31-. The minimum Gasteiger partial charge on any atom is -0.462 e. The van der Waals surface area contributed by atoms with Crippen LogP contribution in [0.25, 0.3) is 0 Å². The highest BCUT2D eigenvalue weighted by Gasteiger charge is 2.19. The van der Waals surface area contributed by atoms with E-state index in [9.17, 15) is 14.4 Å². The Kier molecular flexibility index (Phi) is 64.6. The molecule has 0 rings (SSSR count). The first kappa shape index (κ1) is 74.9. The maximum absolute atomic E-state index is 12.9. The molecule has 0 aliphatic rings. The maximum atomic E-state index is 12.9. The summed E-state index contributed by atoms with van der Waals surface area (Å²) >= 11 is 0. The van der Waals surface area contributed by atoms with Crippen LogP contribution in [0.15, 0.2) is 24.3 Å². The number of ether oxygens (including phenoxy) is 3. The number of unbranched alkanes of at least 4 members (excludes halogenated alkanes) is 50. The summed E-state index contributed by atoms with van der Waals surface area (Å²) in [4.78, 5) is 38.4. The fourth-order valence-corrected chi connectivity index (χ4v) is 10.7. The molecule has 0 bridgehead atoms. The molecule has 0 radical (unpaired) electrons. The Morgan fingerprint density at radius 1 is 0.247 bits per heavy atom. The second-order valence-corrected chi connectivity index (χ2v) is 23.8. The van der Waals surface area contributed by atoms with Gasteiger partial charge in [0.2, 0.25) is 0 Å². The molecule has 0 aromatic carbocycles. The Morgan fingerprint density at radius 2 is 0.429 bits per heavy atom. The molecular formula is C71H134O6. The third-order valence-electron chi connectivity index (χ3n) is 15.9. The Bertz CT molecular complexity index is 1240. The average molecular weight is 1080 g/mol. The summed E-state index contributed by atoms with van der Waals surface area (Å²) < 4.78 is 17.0. The van der Waals surface area contributed by atoms with Gasteiger partial charge in [0, 0.05) is 19.3 Å². The van der Waals surface area contributed by atoms with Crippen molar-refractivity contribution < 1.29 is 28.6 Å². The molecule has 0 fully saturated rings. The Balaban J connectivity index is 4.29. The molecule has 0 amide bonds. The molecule has 0 aromatic rings. The van der Waals surface area contributed by atoms with E-state index in [1.807, 2.05) is 0 Å². The molecule has 6 nitrogen and oxygen atoms in total. The first-order valence-electron chi connectivity index (χ1n) is 34.8. The quantitative estimate of drug-likeness (QED) is 0.0261. The van der Waals surface area contributed by atoms with Crippen molar-refractivity contribution in [2.45, 2.75) is 399 Å². The highest BCUT2D eigenvalue weighted by atomic mass is 16.6. The normalized spacial score (nSPS) is 12.1. The summed E-state index contributed by atoms with van der Waals surface area (Å²) in [5.41, 5.74) is 0. The van der Waals surface area contributed by atoms with Crippen molar-refractivity contribution in [2.75, 3.05) is 13.2 Å². The van der Waals surface area contributed by atoms with Crippen LogP contribution in [0, 0.1) is 0 Å². The smallest absolute Gasteiger partial charge is 0.306 e. The second kappa shape index (κ2) is 66.4. The molecule has 1 unspecified atom stereocenters. The van der Waals surface area contributed by atoms with Crippen LogP contribution in [-0.2, 0) is 28.6 Å². The van der Waals surface area contributed by atoms with Crippen molar-refractivity contribution in [3.63, 3.8) is 0 Å². The second-order valence-electron chi connectivity index (χ2n) is 23.8. The zero-order chi connectivity index (χ0) is 55.7. The molecule has 0 N–H and O–H groups in total. The predicted octanol–water partition coefficient (Wildman–Crippen LogP) is 23.8. The molecule has 77 heavy (non-hydrogen) atoms. The van der Waals surface area contributed by atoms with Gasteiger partial charge < -0.3 is 14.2 Å². The zero-order valence-corrected chi connectivity index (χ0v) is 52.3. The largest absolute Gasteiger partial charge is 0.462 e. The molecule has 0 saturated heterocycles. The highest BCUT2D eigenvalue weighted by molar-refractivity contribution is 5.71. The number of carbonyl (C=O) groups excluding carboxylic acids is 3. The molecule has 0 heterocycles. The summed E-state index contributed by atoms with van der Waals surface area (Å²) in [6.07, 6.45) is 80.5. The van der Waals surface area contributed by atoms with Gasteiger partial charge in [-0.3, -0.25) is 14.4 Å². The van der Waals surface area contributed by atoms with E-state index in [4.69, 9.17) is 14.2 Å². The van der Waals surface area contributed by atoms with Gasteiger partial charge in [0.05, 0.1) is 0 Å². The van der Waals surface area contributed by atoms with Crippen molar-refractivity contribution in [1.82, 2.24) is 0 Å². The van der Waals surface area contributed by atoms with E-state index in [2.05, 4.69) is 45.1 Å². The lowest BCUT2D eigenvalue weighted by Gasteiger charge is -2.18. The lowest BCUT2D eigenvalue weighted by atomic mass is 10.0. The van der Waals surface area contributed by atoms with Crippen LogP contribution in [0.4, 0.5) is 0 Å². The SMILES string of the molecule is CCCCCCCC/C=C\CCCCCCCCCC(=O)OCC(COC(=O)CCCCCCCCCCCCC/C=C\CCCCCCCCCC)OC(=O)CCCCCCCCCCCCCCCCCCCCC. The van der Waals surface area contributed by atoms with Crippen LogP contribution >= 0.6 is 0 Å². The molecule has 0 aliphatic heterocycles. The molecule has 0 saturated carbocycles. The Labute approximate surface area is 481 Å². The van der Waals surface area contributed by atoms with Gasteiger partial charge >= 0.3 is 17.9 Å². The topological polar surface area (TPSA) is 78.9 Å². The van der Waals surface area contributed by atoms with Crippen molar-refractivity contribution >= 4 is 17.9 Å². The summed E-state index contributed by atoms with van der Waals surface area (Å²) in [7, 11) is 0. The highest BCUT2D eigenvalue weighted by Crippen LogP contribution is 2.18. The lowest BCUT2D eigenvalue weighted by Crippen LogP contribution is -2.30. The summed E-state index contributed by atoms with van der Waals surface area (Å²) in [5, 5.41) is 0. The van der Waals surface area contributed by atoms with E-state index >= 15 is 0 Å². The third-order valence-corrected chi connectivity index (χ3v) is 15.9. The molecule has 0 aromatic heterocycles. The van der Waals surface area contributed by atoms with E-state index in [1.54, 1.807) is 0 Å². The van der Waals surface area contributed by atoms with Gasteiger partial charge in [-0.15, -0.1) is 0 Å². The van der Waals surface area contributed by atoms with Gasteiger partial charge in [-0.1, -0.05) is 328 Å². The summed E-state index contributed by atoms with van der Waals surface area (Å²) in [5.74, 6) is -0.841. The van der Waals surface area contributed by atoms with Gasteiger partial charge in [0.1, 0.15) is 13.2 Å². The van der Waals surface area contributed by atoms with Crippen LogP contribution in [0.3, 0.4) is 0 Å². The molecular weight excluding hydrogens is 949 g/mol. The number of hydrogen-bond donors (Lipinski definition) is 0. The minimum absolute atomic E-state index is 0.0674. The van der Waals surface area contributed by atoms with Gasteiger partial charge in [-0.05, 0) is 70.6 Å². The predicted molar refractivity (Wildman–Crippen MR) is 335 cm³/mol. The van der Waals surface area contributed by atoms with Gasteiger partial charge in [0.15, 0.2) is 6.10 Å². The minimum atomic E-state index is -0.771. The molecule has 1 atom stereocenters. The van der Waals surface area contributed by atoms with E-state index in [0.29, 0.717) is 19.3 Å². The zero-order valence-electron chi connectivity index (χ0n) is 52.3. The first-order valence-corrected chi connectivity index (χ1v) is 34.8. The van der Waals surface area contributed by atoms with Crippen molar-refractivity contribution in [3.05, 3.63) is 24.3 Å². The van der Waals surface area contributed by atoms with Gasteiger partial charge in [-0.25, -0.2) is 0 Å². The molecule has 6 heteroatoms. The summed E-state index contributed by atoms with van der Waals surface area (Å²) in [6.45, 7) is 6.71. The van der Waals surface area contributed by atoms with E-state index in [0.717, 1.165) is 57.8 Å². The van der Waals surface area contributed by atoms with Crippen LogP contribution in [-0.4, -0.2) is 37.2 Å². The number of rotatable bonds is 65. The molecule has 0 aliphatic carbocycles. The van der Waals surface area contributed by atoms with Crippen LogP contribution in [0.2, 0.25) is 0 Å². The number of hydrogen-bond acceptors (Lipinski definition) is 6.